The smallest absolute Gasteiger partial charge is 0.261 e. The number of ether oxygens (including phenoxy) is 2. The molecule has 2 aromatic rings. The molecule has 1 aliphatic rings. The maximum atomic E-state index is 12.7. The number of benzene rings is 2. The van der Waals surface area contributed by atoms with E-state index in [-0.39, 0.29) is 11.3 Å². The molecule has 0 aliphatic carbocycles. The van der Waals surface area contributed by atoms with E-state index in [1.54, 1.807) is 0 Å². The van der Waals surface area contributed by atoms with Crippen LogP contribution in [0.2, 0.25) is 0 Å². The highest BCUT2D eigenvalue weighted by atomic mass is 16.5. The first-order chi connectivity index (χ1) is 14.8. The van der Waals surface area contributed by atoms with Gasteiger partial charge in [-0.05, 0) is 40.7 Å². The minimum Gasteiger partial charge on any atom is -0.481 e. The molecule has 0 spiro atoms. The van der Waals surface area contributed by atoms with Gasteiger partial charge in [-0.1, -0.05) is 64.1 Å². The Morgan fingerprint density at radius 3 is 2.23 bits per heavy atom. The molecule has 1 fully saturated rings. The fourth-order valence-electron chi connectivity index (χ4n) is 3.60. The van der Waals surface area contributed by atoms with Gasteiger partial charge in [-0.2, -0.15) is 0 Å². The molecule has 0 radical (unpaired) electrons. The van der Waals surface area contributed by atoms with E-state index in [1.165, 1.54) is 11.1 Å². The molecular formula is C26H36N2O3. The largest absolute Gasteiger partial charge is 0.481 e. The first kappa shape index (κ1) is 23.3. The highest BCUT2D eigenvalue weighted by Crippen LogP contribution is 2.25. The second-order valence-electron chi connectivity index (χ2n) is 9.21. The van der Waals surface area contributed by atoms with Crippen LogP contribution in [0.1, 0.15) is 50.8 Å². The van der Waals surface area contributed by atoms with Crippen molar-refractivity contribution in [1.82, 2.24) is 10.2 Å². The van der Waals surface area contributed by atoms with E-state index in [2.05, 4.69) is 67.4 Å². The molecule has 0 bridgehead atoms. The van der Waals surface area contributed by atoms with Gasteiger partial charge < -0.3 is 14.8 Å². The molecule has 1 heterocycles. The highest BCUT2D eigenvalue weighted by Gasteiger charge is 2.19. The molecule has 1 aliphatic heterocycles. The quantitative estimate of drug-likeness (QED) is 0.687. The standard InChI is InChI=1S/C26H36N2O3/c1-5-24(31-23-12-10-22(11-13-23)26(2,3)4)25(29)27-18-20-6-8-21(9-7-20)19-28-14-16-30-17-15-28/h6-13,24H,5,14-19H2,1-4H3,(H,27,29)/t24-/m1/s1. The van der Waals surface area contributed by atoms with Crippen LogP contribution in [0.5, 0.6) is 5.75 Å². The van der Waals surface area contributed by atoms with Crippen molar-refractivity contribution >= 4 is 5.91 Å². The van der Waals surface area contributed by atoms with E-state index in [9.17, 15) is 4.79 Å². The van der Waals surface area contributed by atoms with Crippen molar-refractivity contribution < 1.29 is 14.3 Å². The summed E-state index contributed by atoms with van der Waals surface area (Å²) in [4.78, 5) is 15.1. The Balaban J connectivity index is 1.49. The van der Waals surface area contributed by atoms with E-state index < -0.39 is 6.10 Å². The van der Waals surface area contributed by atoms with E-state index in [0.29, 0.717) is 13.0 Å². The number of amides is 1. The van der Waals surface area contributed by atoms with Gasteiger partial charge in [0.2, 0.25) is 0 Å². The number of hydrogen-bond acceptors (Lipinski definition) is 4. The molecule has 3 rings (SSSR count). The zero-order valence-corrected chi connectivity index (χ0v) is 19.3. The molecule has 5 nitrogen and oxygen atoms in total. The average Bonchev–Trinajstić information content (AvgIpc) is 2.77. The summed E-state index contributed by atoms with van der Waals surface area (Å²) >= 11 is 0. The Labute approximate surface area is 186 Å². The first-order valence-electron chi connectivity index (χ1n) is 11.3. The van der Waals surface area contributed by atoms with Crippen LogP contribution in [-0.2, 0) is 28.0 Å². The molecule has 1 saturated heterocycles. The number of nitrogens with one attached hydrogen (secondary N) is 1. The van der Waals surface area contributed by atoms with Crippen LogP contribution in [0, 0.1) is 0 Å². The monoisotopic (exact) mass is 424 g/mol. The van der Waals surface area contributed by atoms with Crippen molar-refractivity contribution in [2.24, 2.45) is 0 Å². The van der Waals surface area contributed by atoms with Gasteiger partial charge in [0.1, 0.15) is 5.75 Å². The Morgan fingerprint density at radius 2 is 1.65 bits per heavy atom. The number of nitrogens with zero attached hydrogens (tertiary/aromatic N) is 1. The second kappa shape index (κ2) is 10.8. The molecule has 0 saturated carbocycles. The van der Waals surface area contributed by atoms with E-state index in [0.717, 1.165) is 44.2 Å². The maximum Gasteiger partial charge on any atom is 0.261 e. The normalized spacial score (nSPS) is 16.0. The van der Waals surface area contributed by atoms with Gasteiger partial charge in [0, 0.05) is 26.2 Å². The first-order valence-corrected chi connectivity index (χ1v) is 11.3. The number of rotatable bonds is 8. The predicted octanol–water partition coefficient (Wildman–Crippen LogP) is 4.29. The topological polar surface area (TPSA) is 50.8 Å². The summed E-state index contributed by atoms with van der Waals surface area (Å²) in [5.74, 6) is 0.641. The van der Waals surface area contributed by atoms with Crippen LogP contribution in [0.15, 0.2) is 48.5 Å². The summed E-state index contributed by atoms with van der Waals surface area (Å²) in [6.45, 7) is 13.5. The van der Waals surface area contributed by atoms with Crippen molar-refractivity contribution in [3.63, 3.8) is 0 Å². The van der Waals surface area contributed by atoms with E-state index >= 15 is 0 Å². The lowest BCUT2D eigenvalue weighted by atomic mass is 9.87. The molecule has 0 unspecified atom stereocenters. The molecule has 2 aromatic carbocycles. The van der Waals surface area contributed by atoms with Gasteiger partial charge in [0.15, 0.2) is 6.10 Å². The number of carbonyl (C=O) groups is 1. The second-order valence-corrected chi connectivity index (χ2v) is 9.21. The lowest BCUT2D eigenvalue weighted by molar-refractivity contribution is -0.128. The van der Waals surface area contributed by atoms with Crippen molar-refractivity contribution in [2.45, 2.75) is 58.7 Å². The van der Waals surface area contributed by atoms with Crippen LogP contribution >= 0.6 is 0 Å². The van der Waals surface area contributed by atoms with Gasteiger partial charge in [0.25, 0.3) is 5.91 Å². The minimum atomic E-state index is -0.499. The Hall–Kier alpha value is -2.37. The molecule has 5 heteroatoms. The van der Waals surface area contributed by atoms with Crippen molar-refractivity contribution in [3.8, 4) is 5.75 Å². The van der Waals surface area contributed by atoms with Crippen LogP contribution < -0.4 is 10.1 Å². The van der Waals surface area contributed by atoms with E-state index in [4.69, 9.17) is 9.47 Å². The molecule has 31 heavy (non-hydrogen) atoms. The van der Waals surface area contributed by atoms with Gasteiger partial charge >= 0.3 is 0 Å². The Morgan fingerprint density at radius 1 is 1.03 bits per heavy atom. The fraction of sp³-hybridized carbons (Fsp3) is 0.500. The third kappa shape index (κ3) is 7.08. The number of morpholine rings is 1. The summed E-state index contributed by atoms with van der Waals surface area (Å²) in [5.41, 5.74) is 3.71. The highest BCUT2D eigenvalue weighted by molar-refractivity contribution is 5.81. The van der Waals surface area contributed by atoms with Crippen molar-refractivity contribution in [2.75, 3.05) is 26.3 Å². The average molecular weight is 425 g/mol. The molecule has 1 amide bonds. The third-order valence-corrected chi connectivity index (χ3v) is 5.66. The maximum absolute atomic E-state index is 12.7. The predicted molar refractivity (Wildman–Crippen MR) is 124 cm³/mol. The number of hydrogen-bond donors (Lipinski definition) is 1. The Bertz CT molecular complexity index is 819. The molecule has 1 atom stereocenters. The van der Waals surface area contributed by atoms with Crippen molar-refractivity contribution in [1.29, 1.82) is 0 Å². The van der Waals surface area contributed by atoms with E-state index in [1.807, 2.05) is 19.1 Å². The van der Waals surface area contributed by atoms with Crippen LogP contribution in [0.3, 0.4) is 0 Å². The van der Waals surface area contributed by atoms with Gasteiger partial charge in [0.05, 0.1) is 13.2 Å². The van der Waals surface area contributed by atoms with Gasteiger partial charge in [-0.3, -0.25) is 9.69 Å². The SMILES string of the molecule is CC[C@@H](Oc1ccc(C(C)(C)C)cc1)C(=O)NCc1ccc(CN2CCOCC2)cc1. The Kier molecular flexibility index (Phi) is 8.10. The molecule has 1 N–H and O–H groups in total. The van der Waals surface area contributed by atoms with Crippen LogP contribution in [-0.4, -0.2) is 43.2 Å². The van der Waals surface area contributed by atoms with Gasteiger partial charge in [-0.15, -0.1) is 0 Å². The fourth-order valence-corrected chi connectivity index (χ4v) is 3.60. The summed E-state index contributed by atoms with van der Waals surface area (Å²) < 4.78 is 11.4. The van der Waals surface area contributed by atoms with Crippen molar-refractivity contribution in [3.05, 3.63) is 65.2 Å². The summed E-state index contributed by atoms with van der Waals surface area (Å²) in [6, 6.07) is 16.5. The van der Waals surface area contributed by atoms with Crippen LogP contribution in [0.4, 0.5) is 0 Å². The lowest BCUT2D eigenvalue weighted by Crippen LogP contribution is -2.37. The van der Waals surface area contributed by atoms with Gasteiger partial charge in [-0.25, -0.2) is 0 Å². The minimum absolute atomic E-state index is 0.0835. The lowest BCUT2D eigenvalue weighted by Gasteiger charge is -2.26. The zero-order chi connectivity index (χ0) is 22.3. The summed E-state index contributed by atoms with van der Waals surface area (Å²) in [7, 11) is 0. The zero-order valence-electron chi connectivity index (χ0n) is 19.3. The summed E-state index contributed by atoms with van der Waals surface area (Å²) in [6.07, 6.45) is 0.117. The number of carbonyl (C=O) groups excluding carboxylic acids is 1. The molecule has 168 valence electrons. The third-order valence-electron chi connectivity index (χ3n) is 5.66. The molecular weight excluding hydrogens is 388 g/mol. The summed E-state index contributed by atoms with van der Waals surface area (Å²) in [5, 5.41) is 3.02. The van der Waals surface area contributed by atoms with Crippen LogP contribution in [0.25, 0.3) is 0 Å². The molecule has 0 aromatic heterocycles.